The van der Waals surface area contributed by atoms with E-state index in [0.717, 1.165) is 42.6 Å². The fourth-order valence-corrected chi connectivity index (χ4v) is 3.71. The van der Waals surface area contributed by atoms with Crippen LogP contribution < -0.4 is 10.1 Å². The lowest BCUT2D eigenvalue weighted by Crippen LogP contribution is -2.41. The summed E-state index contributed by atoms with van der Waals surface area (Å²) < 4.78 is 5.77. The van der Waals surface area contributed by atoms with Crippen molar-refractivity contribution in [2.24, 2.45) is 5.92 Å². The first-order valence-corrected chi connectivity index (χ1v) is 9.11. The van der Waals surface area contributed by atoms with Gasteiger partial charge in [-0.25, -0.2) is 0 Å². The topological polar surface area (TPSA) is 74.7 Å². The van der Waals surface area contributed by atoms with Crippen LogP contribution in [0.25, 0.3) is 11.1 Å². The van der Waals surface area contributed by atoms with Gasteiger partial charge < -0.3 is 20.1 Å². The van der Waals surface area contributed by atoms with Gasteiger partial charge in [0, 0.05) is 36.0 Å². The van der Waals surface area contributed by atoms with Crippen molar-refractivity contribution in [2.45, 2.75) is 19.4 Å². The summed E-state index contributed by atoms with van der Waals surface area (Å²) >= 11 is 0. The zero-order chi connectivity index (χ0) is 17.9. The molecule has 2 aliphatic rings. The summed E-state index contributed by atoms with van der Waals surface area (Å²) in [7, 11) is 0. The number of phenolic OH excluding ortho intramolecular Hbond substituents is 1. The molecule has 0 radical (unpaired) electrons. The molecule has 0 spiro atoms. The zero-order valence-corrected chi connectivity index (χ0v) is 14.6. The second kappa shape index (κ2) is 7.33. The summed E-state index contributed by atoms with van der Waals surface area (Å²) in [5, 5.41) is 13.7. The van der Waals surface area contributed by atoms with Crippen LogP contribution in [0.4, 0.5) is 0 Å². The summed E-state index contributed by atoms with van der Waals surface area (Å²) in [4.78, 5) is 18.9. The standard InChI is InChI=1S/C20H23N3O3/c24-18-11-16(15-2-1-5-22-12-15)10-17-13-23(8-9-26-19(17)18)20(25)14-3-6-21-7-4-14/h1-2,5,10-12,14,21,24H,3-4,6-9,13H2. The number of carbonyl (C=O) groups excluding carboxylic acids is 1. The Kier molecular flexibility index (Phi) is 4.75. The minimum absolute atomic E-state index is 0.0768. The number of rotatable bonds is 2. The lowest BCUT2D eigenvalue weighted by molar-refractivity contribution is -0.137. The number of pyridine rings is 1. The lowest BCUT2D eigenvalue weighted by Gasteiger charge is -2.28. The van der Waals surface area contributed by atoms with Gasteiger partial charge in [0.2, 0.25) is 5.91 Å². The molecule has 0 aliphatic carbocycles. The number of amides is 1. The number of carbonyl (C=O) groups is 1. The highest BCUT2D eigenvalue weighted by atomic mass is 16.5. The molecule has 1 amide bonds. The third-order valence-corrected chi connectivity index (χ3v) is 5.11. The fraction of sp³-hybridized carbons (Fsp3) is 0.400. The van der Waals surface area contributed by atoms with Crippen molar-refractivity contribution in [1.29, 1.82) is 0 Å². The van der Waals surface area contributed by atoms with Crippen LogP contribution in [-0.4, -0.2) is 47.1 Å². The number of fused-ring (bicyclic) bond motifs is 1. The Balaban J connectivity index is 1.62. The van der Waals surface area contributed by atoms with E-state index in [0.29, 0.717) is 25.4 Å². The number of benzene rings is 1. The van der Waals surface area contributed by atoms with E-state index in [1.807, 2.05) is 23.1 Å². The van der Waals surface area contributed by atoms with E-state index in [2.05, 4.69) is 10.3 Å². The van der Waals surface area contributed by atoms with Gasteiger partial charge in [0.05, 0.1) is 6.54 Å². The predicted molar refractivity (Wildman–Crippen MR) is 97.8 cm³/mol. The number of ether oxygens (including phenoxy) is 1. The molecule has 1 aromatic heterocycles. The molecule has 1 aromatic carbocycles. The van der Waals surface area contributed by atoms with Crippen LogP contribution in [0.1, 0.15) is 18.4 Å². The first-order chi connectivity index (χ1) is 12.7. The largest absolute Gasteiger partial charge is 0.504 e. The number of hydrogen-bond donors (Lipinski definition) is 2. The van der Waals surface area contributed by atoms with Crippen molar-refractivity contribution in [3.8, 4) is 22.6 Å². The highest BCUT2D eigenvalue weighted by Gasteiger charge is 2.28. The lowest BCUT2D eigenvalue weighted by atomic mass is 9.96. The Hall–Kier alpha value is -2.60. The van der Waals surface area contributed by atoms with Gasteiger partial charge in [-0.1, -0.05) is 6.07 Å². The van der Waals surface area contributed by atoms with Gasteiger partial charge >= 0.3 is 0 Å². The highest BCUT2D eigenvalue weighted by Crippen LogP contribution is 2.37. The molecule has 1 saturated heterocycles. The molecular weight excluding hydrogens is 330 g/mol. The molecule has 0 atom stereocenters. The third kappa shape index (κ3) is 3.37. The number of piperidine rings is 1. The number of nitrogens with zero attached hydrogens (tertiary/aromatic N) is 2. The van der Waals surface area contributed by atoms with E-state index < -0.39 is 0 Å². The number of nitrogens with one attached hydrogen (secondary N) is 1. The maximum Gasteiger partial charge on any atom is 0.226 e. The van der Waals surface area contributed by atoms with E-state index in [1.54, 1.807) is 18.5 Å². The summed E-state index contributed by atoms with van der Waals surface area (Å²) in [6.45, 7) is 3.18. The number of aromatic hydroxyl groups is 1. The molecule has 0 bridgehead atoms. The van der Waals surface area contributed by atoms with Crippen LogP contribution in [-0.2, 0) is 11.3 Å². The Bertz CT molecular complexity index is 788. The van der Waals surface area contributed by atoms with Crippen LogP contribution in [0, 0.1) is 5.92 Å². The Labute approximate surface area is 152 Å². The molecule has 26 heavy (non-hydrogen) atoms. The molecule has 4 rings (SSSR count). The Morgan fingerprint density at radius 3 is 2.88 bits per heavy atom. The van der Waals surface area contributed by atoms with Gasteiger partial charge in [-0.05, 0) is 49.7 Å². The maximum atomic E-state index is 12.9. The zero-order valence-electron chi connectivity index (χ0n) is 14.6. The molecule has 0 unspecified atom stereocenters. The molecule has 2 aromatic rings. The second-order valence-corrected chi connectivity index (χ2v) is 6.86. The van der Waals surface area contributed by atoms with Crippen molar-refractivity contribution in [2.75, 3.05) is 26.2 Å². The van der Waals surface area contributed by atoms with Gasteiger partial charge in [-0.3, -0.25) is 9.78 Å². The van der Waals surface area contributed by atoms with E-state index in [9.17, 15) is 9.90 Å². The van der Waals surface area contributed by atoms with Crippen LogP contribution in [0.2, 0.25) is 0 Å². The first kappa shape index (κ1) is 16.8. The van der Waals surface area contributed by atoms with Gasteiger partial charge in [-0.2, -0.15) is 0 Å². The average Bonchev–Trinajstić information content (AvgIpc) is 2.91. The van der Waals surface area contributed by atoms with Crippen LogP contribution in [0.3, 0.4) is 0 Å². The molecule has 0 saturated carbocycles. The van der Waals surface area contributed by atoms with Gasteiger partial charge in [0.1, 0.15) is 6.61 Å². The van der Waals surface area contributed by atoms with Crippen molar-refractivity contribution in [3.63, 3.8) is 0 Å². The molecule has 6 nitrogen and oxygen atoms in total. The molecule has 136 valence electrons. The van der Waals surface area contributed by atoms with Gasteiger partial charge in [0.25, 0.3) is 0 Å². The number of hydrogen-bond acceptors (Lipinski definition) is 5. The van der Waals surface area contributed by atoms with E-state index in [1.165, 1.54) is 0 Å². The quantitative estimate of drug-likeness (QED) is 0.866. The SMILES string of the molecule is O=C(C1CCNCC1)N1CCOc2c(O)cc(-c3cccnc3)cc2C1. The third-order valence-electron chi connectivity index (χ3n) is 5.11. The molecule has 2 aliphatic heterocycles. The Morgan fingerprint density at radius 2 is 2.12 bits per heavy atom. The maximum absolute atomic E-state index is 12.9. The van der Waals surface area contributed by atoms with E-state index >= 15 is 0 Å². The molecular formula is C20H23N3O3. The molecule has 1 fully saturated rings. The van der Waals surface area contributed by atoms with Crippen molar-refractivity contribution >= 4 is 5.91 Å². The minimum Gasteiger partial charge on any atom is -0.504 e. The molecule has 6 heteroatoms. The summed E-state index contributed by atoms with van der Waals surface area (Å²) in [5.41, 5.74) is 2.63. The van der Waals surface area contributed by atoms with Gasteiger partial charge in [-0.15, -0.1) is 0 Å². The summed E-state index contributed by atoms with van der Waals surface area (Å²) in [6.07, 6.45) is 5.24. The smallest absolute Gasteiger partial charge is 0.226 e. The fourth-order valence-electron chi connectivity index (χ4n) is 3.71. The number of aromatic nitrogens is 1. The van der Waals surface area contributed by atoms with Crippen molar-refractivity contribution < 1.29 is 14.6 Å². The summed E-state index contributed by atoms with van der Waals surface area (Å²) in [6, 6.07) is 7.49. The number of phenols is 1. The normalized spacial score (nSPS) is 17.9. The highest BCUT2D eigenvalue weighted by molar-refractivity contribution is 5.79. The predicted octanol–water partition coefficient (Wildman–Crippen LogP) is 2.17. The summed E-state index contributed by atoms with van der Waals surface area (Å²) in [5.74, 6) is 0.859. The van der Waals surface area contributed by atoms with Crippen LogP contribution in [0.5, 0.6) is 11.5 Å². The van der Waals surface area contributed by atoms with Gasteiger partial charge in [0.15, 0.2) is 11.5 Å². The van der Waals surface area contributed by atoms with Crippen LogP contribution in [0.15, 0.2) is 36.7 Å². The molecule has 3 heterocycles. The minimum atomic E-state index is 0.0768. The van der Waals surface area contributed by atoms with E-state index in [4.69, 9.17) is 4.74 Å². The Morgan fingerprint density at radius 1 is 1.27 bits per heavy atom. The first-order valence-electron chi connectivity index (χ1n) is 9.11. The van der Waals surface area contributed by atoms with Crippen LogP contribution >= 0.6 is 0 Å². The van der Waals surface area contributed by atoms with Crippen molar-refractivity contribution in [3.05, 3.63) is 42.2 Å². The average molecular weight is 353 g/mol. The van der Waals surface area contributed by atoms with Crippen molar-refractivity contribution in [1.82, 2.24) is 15.2 Å². The molecule has 2 N–H and O–H groups in total. The second-order valence-electron chi connectivity index (χ2n) is 6.86. The monoisotopic (exact) mass is 353 g/mol. The van der Waals surface area contributed by atoms with E-state index in [-0.39, 0.29) is 17.6 Å².